The predicted molar refractivity (Wildman–Crippen MR) is 63.2 cm³/mol. The normalized spacial score (nSPS) is 10.8. The van der Waals surface area contributed by atoms with Gasteiger partial charge in [-0.1, -0.05) is 13.8 Å². The van der Waals surface area contributed by atoms with Crippen molar-refractivity contribution >= 4 is 5.91 Å². The molecule has 96 valence electrons. The molecule has 0 atom stereocenters. The van der Waals surface area contributed by atoms with Gasteiger partial charge in [-0.15, -0.1) is 10.2 Å². The third-order valence-electron chi connectivity index (χ3n) is 2.08. The maximum Gasteiger partial charge on any atom is 0.230 e. The van der Waals surface area contributed by atoms with Gasteiger partial charge >= 0.3 is 0 Å². The van der Waals surface area contributed by atoms with Gasteiger partial charge in [-0.25, -0.2) is 0 Å². The van der Waals surface area contributed by atoms with Crippen molar-refractivity contribution in [1.29, 1.82) is 0 Å². The zero-order chi connectivity index (χ0) is 12.7. The Balaban J connectivity index is 2.06. The van der Waals surface area contributed by atoms with Crippen LogP contribution in [0.2, 0.25) is 0 Å². The third-order valence-corrected chi connectivity index (χ3v) is 2.08. The average molecular weight is 240 g/mol. The molecule has 0 aromatic carbocycles. The smallest absolute Gasteiger partial charge is 0.230 e. The molecule has 1 aromatic heterocycles. The molecule has 17 heavy (non-hydrogen) atoms. The van der Waals surface area contributed by atoms with E-state index in [9.17, 15) is 4.79 Å². The molecule has 0 saturated carbocycles. The highest BCUT2D eigenvalue weighted by Gasteiger charge is 2.03. The summed E-state index contributed by atoms with van der Waals surface area (Å²) in [6, 6.07) is 0. The second kappa shape index (κ2) is 7.01. The summed E-state index contributed by atoms with van der Waals surface area (Å²) >= 11 is 0. The fourth-order valence-electron chi connectivity index (χ4n) is 1.21. The second-order valence-corrected chi connectivity index (χ2v) is 4.34. The molecule has 0 unspecified atom stereocenters. The lowest BCUT2D eigenvalue weighted by Crippen LogP contribution is -2.30. The van der Waals surface area contributed by atoms with Crippen LogP contribution in [0.15, 0.2) is 4.42 Å². The van der Waals surface area contributed by atoms with Crippen LogP contribution in [0.3, 0.4) is 0 Å². The number of aryl methyl sites for hydroxylation is 1. The Morgan fingerprint density at radius 1 is 1.41 bits per heavy atom. The molecule has 0 radical (unpaired) electrons. The maximum absolute atomic E-state index is 11.4. The van der Waals surface area contributed by atoms with E-state index in [0.717, 1.165) is 6.54 Å². The molecule has 0 aliphatic heterocycles. The van der Waals surface area contributed by atoms with E-state index in [1.165, 1.54) is 0 Å². The van der Waals surface area contributed by atoms with Gasteiger partial charge in [0.15, 0.2) is 0 Å². The van der Waals surface area contributed by atoms with Gasteiger partial charge in [0.1, 0.15) is 0 Å². The highest BCUT2D eigenvalue weighted by molar-refractivity contribution is 5.76. The van der Waals surface area contributed by atoms with Crippen molar-refractivity contribution in [2.24, 2.45) is 5.92 Å². The van der Waals surface area contributed by atoms with E-state index < -0.39 is 0 Å². The zero-order valence-corrected chi connectivity index (χ0v) is 10.6. The summed E-state index contributed by atoms with van der Waals surface area (Å²) < 4.78 is 5.18. The van der Waals surface area contributed by atoms with E-state index in [-0.39, 0.29) is 5.91 Å². The average Bonchev–Trinajstić information content (AvgIpc) is 2.68. The minimum Gasteiger partial charge on any atom is -0.424 e. The van der Waals surface area contributed by atoms with Gasteiger partial charge in [0.25, 0.3) is 0 Å². The van der Waals surface area contributed by atoms with Crippen LogP contribution < -0.4 is 10.6 Å². The Kier molecular flexibility index (Phi) is 5.62. The lowest BCUT2D eigenvalue weighted by atomic mass is 10.2. The largest absolute Gasteiger partial charge is 0.424 e. The summed E-state index contributed by atoms with van der Waals surface area (Å²) in [5.41, 5.74) is 0. The fourth-order valence-corrected chi connectivity index (χ4v) is 1.21. The zero-order valence-electron chi connectivity index (χ0n) is 10.6. The number of nitrogens with zero attached hydrogens (tertiary/aromatic N) is 2. The highest BCUT2D eigenvalue weighted by atomic mass is 16.4. The van der Waals surface area contributed by atoms with Gasteiger partial charge in [-0.05, 0) is 5.92 Å². The Bertz CT molecular complexity index is 349. The lowest BCUT2D eigenvalue weighted by molar-refractivity contribution is -0.121. The number of carbonyl (C=O) groups is 1. The maximum atomic E-state index is 11.4. The molecule has 6 heteroatoms. The van der Waals surface area contributed by atoms with Crippen molar-refractivity contribution < 1.29 is 9.21 Å². The highest BCUT2D eigenvalue weighted by Crippen LogP contribution is 1.96. The number of amides is 1. The molecule has 1 rings (SSSR count). The number of carbonyl (C=O) groups excluding carboxylic acids is 1. The summed E-state index contributed by atoms with van der Waals surface area (Å²) in [6.07, 6.45) is 0.458. The molecular formula is C11H20N4O2. The Hall–Kier alpha value is -1.43. The van der Waals surface area contributed by atoms with Gasteiger partial charge in [0.2, 0.25) is 17.7 Å². The van der Waals surface area contributed by atoms with Crippen molar-refractivity contribution in [3.05, 3.63) is 11.8 Å². The van der Waals surface area contributed by atoms with Crippen LogP contribution in [0.25, 0.3) is 0 Å². The Labute approximate surface area is 101 Å². The SMILES string of the molecule is Cc1nnc(CNCCC(=O)NCC(C)C)o1. The Morgan fingerprint density at radius 3 is 2.76 bits per heavy atom. The summed E-state index contributed by atoms with van der Waals surface area (Å²) in [5.74, 6) is 1.64. The molecule has 0 bridgehead atoms. The van der Waals surface area contributed by atoms with Gasteiger partial charge in [0.05, 0.1) is 6.54 Å². The first kappa shape index (κ1) is 13.6. The third kappa shape index (κ3) is 6.01. The van der Waals surface area contributed by atoms with Crippen LogP contribution in [-0.4, -0.2) is 29.2 Å². The number of rotatable bonds is 7. The molecule has 0 aliphatic rings. The second-order valence-electron chi connectivity index (χ2n) is 4.34. The number of hydrogen-bond acceptors (Lipinski definition) is 5. The van der Waals surface area contributed by atoms with Crippen LogP contribution >= 0.6 is 0 Å². The number of hydrogen-bond donors (Lipinski definition) is 2. The van der Waals surface area contributed by atoms with Gasteiger partial charge in [-0.3, -0.25) is 4.79 Å². The van der Waals surface area contributed by atoms with Crippen molar-refractivity contribution in [1.82, 2.24) is 20.8 Å². The van der Waals surface area contributed by atoms with Crippen molar-refractivity contribution in [2.45, 2.75) is 33.7 Å². The first-order valence-electron chi connectivity index (χ1n) is 5.84. The summed E-state index contributed by atoms with van der Waals surface area (Å²) in [6.45, 7) is 7.70. The first-order valence-corrected chi connectivity index (χ1v) is 5.84. The van der Waals surface area contributed by atoms with E-state index >= 15 is 0 Å². The number of aromatic nitrogens is 2. The molecule has 0 saturated heterocycles. The molecular weight excluding hydrogens is 220 g/mol. The molecule has 2 N–H and O–H groups in total. The van der Waals surface area contributed by atoms with Crippen LogP contribution in [-0.2, 0) is 11.3 Å². The molecule has 0 fully saturated rings. The van der Waals surface area contributed by atoms with Crippen molar-refractivity contribution in [3.63, 3.8) is 0 Å². The number of nitrogens with one attached hydrogen (secondary N) is 2. The van der Waals surface area contributed by atoms with Crippen molar-refractivity contribution in [3.8, 4) is 0 Å². The van der Waals surface area contributed by atoms with E-state index in [4.69, 9.17) is 4.42 Å². The summed E-state index contributed by atoms with van der Waals surface area (Å²) in [5, 5.41) is 13.5. The van der Waals surface area contributed by atoms with Gasteiger partial charge in [0, 0.05) is 26.4 Å². The van der Waals surface area contributed by atoms with E-state index in [0.29, 0.717) is 37.2 Å². The summed E-state index contributed by atoms with van der Waals surface area (Å²) in [4.78, 5) is 11.4. The van der Waals surface area contributed by atoms with E-state index in [1.807, 2.05) is 0 Å². The van der Waals surface area contributed by atoms with Crippen LogP contribution in [0.5, 0.6) is 0 Å². The molecule has 6 nitrogen and oxygen atoms in total. The molecule has 1 aromatic rings. The molecule has 1 amide bonds. The fraction of sp³-hybridized carbons (Fsp3) is 0.727. The molecule has 0 spiro atoms. The topological polar surface area (TPSA) is 80.0 Å². The predicted octanol–water partition coefficient (Wildman–Crippen LogP) is 0.630. The van der Waals surface area contributed by atoms with Crippen molar-refractivity contribution in [2.75, 3.05) is 13.1 Å². The minimum atomic E-state index is 0.0629. The minimum absolute atomic E-state index is 0.0629. The monoisotopic (exact) mass is 240 g/mol. The van der Waals surface area contributed by atoms with Gasteiger partial charge in [-0.2, -0.15) is 0 Å². The van der Waals surface area contributed by atoms with Crippen LogP contribution in [0.1, 0.15) is 32.0 Å². The van der Waals surface area contributed by atoms with Crippen LogP contribution in [0.4, 0.5) is 0 Å². The summed E-state index contributed by atoms with van der Waals surface area (Å²) in [7, 11) is 0. The van der Waals surface area contributed by atoms with E-state index in [1.54, 1.807) is 6.92 Å². The lowest BCUT2D eigenvalue weighted by Gasteiger charge is -2.07. The van der Waals surface area contributed by atoms with E-state index in [2.05, 4.69) is 34.7 Å². The van der Waals surface area contributed by atoms with Gasteiger partial charge < -0.3 is 15.1 Å². The standard InChI is InChI=1S/C11H20N4O2/c1-8(2)6-13-10(16)4-5-12-7-11-15-14-9(3)17-11/h8,12H,4-7H2,1-3H3,(H,13,16). The van der Waals surface area contributed by atoms with Crippen LogP contribution in [0, 0.1) is 12.8 Å². The quantitative estimate of drug-likeness (QED) is 0.683. The first-order chi connectivity index (χ1) is 8.08. The molecule has 0 aliphatic carbocycles. The Morgan fingerprint density at radius 2 is 2.18 bits per heavy atom. The molecule has 1 heterocycles.